The number of amides is 1. The number of ether oxygens (including phenoxy) is 2. The molecule has 1 aromatic carbocycles. The zero-order chi connectivity index (χ0) is 15.0. The molecule has 104 valence electrons. The molecule has 6 nitrogen and oxygen atoms in total. The van der Waals surface area contributed by atoms with E-state index in [-0.39, 0.29) is 25.4 Å². The largest absolute Gasteiger partial charge is 0.493 e. The lowest BCUT2D eigenvalue weighted by atomic mass is 10.1. The SMILES string of the molecule is COc1ccc(CC(=O)N(CC#N)CC#N)cc1OC. The number of hydrogen-bond acceptors (Lipinski definition) is 5. The standard InChI is InChI=1S/C14H15N3O3/c1-19-12-4-3-11(9-13(12)20-2)10-14(18)17(7-5-15)8-6-16/h3-4,9H,7-8,10H2,1-2H3. The van der Waals surface area contributed by atoms with Gasteiger partial charge in [-0.1, -0.05) is 6.07 Å². The fraction of sp³-hybridized carbons (Fsp3) is 0.357. The maximum atomic E-state index is 12.0. The molecule has 0 N–H and O–H groups in total. The van der Waals surface area contributed by atoms with E-state index >= 15 is 0 Å². The van der Waals surface area contributed by atoms with Crippen LogP contribution < -0.4 is 9.47 Å². The van der Waals surface area contributed by atoms with E-state index in [1.165, 1.54) is 19.1 Å². The van der Waals surface area contributed by atoms with E-state index in [1.807, 2.05) is 12.1 Å². The molecular formula is C14H15N3O3. The predicted molar refractivity (Wildman–Crippen MR) is 71.1 cm³/mol. The number of carbonyl (C=O) groups is 1. The fourth-order valence-corrected chi connectivity index (χ4v) is 1.68. The molecule has 1 rings (SSSR count). The van der Waals surface area contributed by atoms with Crippen molar-refractivity contribution in [3.05, 3.63) is 23.8 Å². The van der Waals surface area contributed by atoms with E-state index < -0.39 is 0 Å². The van der Waals surface area contributed by atoms with Crippen LogP contribution in [0.1, 0.15) is 5.56 Å². The molecule has 0 radical (unpaired) electrons. The van der Waals surface area contributed by atoms with Crippen LogP contribution in [0.4, 0.5) is 0 Å². The highest BCUT2D eigenvalue weighted by atomic mass is 16.5. The molecule has 20 heavy (non-hydrogen) atoms. The van der Waals surface area contributed by atoms with E-state index in [9.17, 15) is 4.79 Å². The monoisotopic (exact) mass is 273 g/mol. The van der Waals surface area contributed by atoms with Gasteiger partial charge in [0.25, 0.3) is 0 Å². The highest BCUT2D eigenvalue weighted by Crippen LogP contribution is 2.27. The van der Waals surface area contributed by atoms with Crippen molar-refractivity contribution in [3.8, 4) is 23.6 Å². The van der Waals surface area contributed by atoms with Gasteiger partial charge in [-0.25, -0.2) is 0 Å². The summed E-state index contributed by atoms with van der Waals surface area (Å²) in [5.41, 5.74) is 0.730. The number of nitrogens with zero attached hydrogens (tertiary/aromatic N) is 3. The summed E-state index contributed by atoms with van der Waals surface area (Å²) in [6.07, 6.45) is 0.101. The molecule has 0 bridgehead atoms. The first kappa shape index (κ1) is 15.3. The van der Waals surface area contributed by atoms with Gasteiger partial charge in [0.2, 0.25) is 5.91 Å². The van der Waals surface area contributed by atoms with E-state index in [4.69, 9.17) is 20.0 Å². The second kappa shape index (κ2) is 7.65. The summed E-state index contributed by atoms with van der Waals surface area (Å²) in [5.74, 6) is 0.833. The highest BCUT2D eigenvalue weighted by Gasteiger charge is 2.14. The fourth-order valence-electron chi connectivity index (χ4n) is 1.68. The third-order valence-electron chi connectivity index (χ3n) is 2.68. The maximum absolute atomic E-state index is 12.0. The summed E-state index contributed by atoms with van der Waals surface area (Å²) in [4.78, 5) is 13.2. The van der Waals surface area contributed by atoms with Crippen molar-refractivity contribution < 1.29 is 14.3 Å². The van der Waals surface area contributed by atoms with Crippen LogP contribution in [0.3, 0.4) is 0 Å². The van der Waals surface area contributed by atoms with E-state index in [0.29, 0.717) is 11.5 Å². The molecule has 0 unspecified atom stereocenters. The lowest BCUT2D eigenvalue weighted by molar-refractivity contribution is -0.129. The number of nitriles is 2. The minimum absolute atomic E-state index is 0.0975. The molecule has 0 aliphatic carbocycles. The van der Waals surface area contributed by atoms with Gasteiger partial charge in [0.15, 0.2) is 11.5 Å². The Balaban J connectivity index is 2.85. The van der Waals surface area contributed by atoms with E-state index in [1.54, 1.807) is 18.2 Å². The average molecular weight is 273 g/mol. The molecule has 0 saturated carbocycles. The molecule has 0 spiro atoms. The van der Waals surface area contributed by atoms with Crippen LogP contribution in [0.2, 0.25) is 0 Å². The van der Waals surface area contributed by atoms with Gasteiger partial charge >= 0.3 is 0 Å². The lowest BCUT2D eigenvalue weighted by Gasteiger charge is -2.16. The third kappa shape index (κ3) is 3.89. The number of hydrogen-bond donors (Lipinski definition) is 0. The summed E-state index contributed by atoms with van der Waals surface area (Å²) in [6, 6.07) is 8.90. The highest BCUT2D eigenvalue weighted by molar-refractivity contribution is 5.79. The van der Waals surface area contributed by atoms with Crippen molar-refractivity contribution in [3.63, 3.8) is 0 Å². The van der Waals surface area contributed by atoms with E-state index in [0.717, 1.165) is 5.56 Å². The van der Waals surface area contributed by atoms with Gasteiger partial charge in [0.1, 0.15) is 13.1 Å². The summed E-state index contributed by atoms with van der Waals surface area (Å²) >= 11 is 0. The number of carbonyl (C=O) groups excluding carboxylic acids is 1. The van der Waals surface area contributed by atoms with Crippen LogP contribution in [0.5, 0.6) is 11.5 Å². The predicted octanol–water partition coefficient (Wildman–Crippen LogP) is 1.12. The minimum Gasteiger partial charge on any atom is -0.493 e. The Labute approximate surface area is 117 Å². The van der Waals surface area contributed by atoms with Gasteiger partial charge in [0, 0.05) is 0 Å². The van der Waals surface area contributed by atoms with Gasteiger partial charge in [-0.15, -0.1) is 0 Å². The van der Waals surface area contributed by atoms with Crippen molar-refractivity contribution in [1.82, 2.24) is 4.90 Å². The first-order valence-corrected chi connectivity index (χ1v) is 5.88. The lowest BCUT2D eigenvalue weighted by Crippen LogP contribution is -2.33. The van der Waals surface area contributed by atoms with Crippen molar-refractivity contribution in [2.75, 3.05) is 27.3 Å². The maximum Gasteiger partial charge on any atom is 0.228 e. The van der Waals surface area contributed by atoms with Gasteiger partial charge < -0.3 is 14.4 Å². The number of benzene rings is 1. The van der Waals surface area contributed by atoms with Crippen LogP contribution >= 0.6 is 0 Å². The summed E-state index contributed by atoms with van der Waals surface area (Å²) in [7, 11) is 3.05. The molecule has 0 aliphatic heterocycles. The Morgan fingerprint density at radius 3 is 2.25 bits per heavy atom. The summed E-state index contributed by atoms with van der Waals surface area (Å²) < 4.78 is 10.3. The molecule has 6 heteroatoms. The van der Waals surface area contributed by atoms with E-state index in [2.05, 4.69) is 0 Å². The molecule has 1 aromatic rings. The molecule has 0 atom stereocenters. The number of methoxy groups -OCH3 is 2. The van der Waals surface area contributed by atoms with Crippen molar-refractivity contribution >= 4 is 5.91 Å². The van der Waals surface area contributed by atoms with Gasteiger partial charge in [-0.2, -0.15) is 10.5 Å². The molecule has 0 aromatic heterocycles. The van der Waals surface area contributed by atoms with Crippen LogP contribution in [-0.2, 0) is 11.2 Å². The van der Waals surface area contributed by atoms with Crippen LogP contribution in [-0.4, -0.2) is 38.1 Å². The quantitative estimate of drug-likeness (QED) is 0.725. The molecule has 0 fully saturated rings. The van der Waals surface area contributed by atoms with Crippen LogP contribution in [0.25, 0.3) is 0 Å². The molecule has 0 heterocycles. The smallest absolute Gasteiger partial charge is 0.228 e. The Kier molecular flexibility index (Phi) is 5.86. The molecule has 0 aliphatic rings. The molecular weight excluding hydrogens is 258 g/mol. The topological polar surface area (TPSA) is 86.4 Å². The van der Waals surface area contributed by atoms with Crippen molar-refractivity contribution in [2.24, 2.45) is 0 Å². The molecule has 1 amide bonds. The zero-order valence-electron chi connectivity index (χ0n) is 11.4. The van der Waals surface area contributed by atoms with Crippen LogP contribution in [0.15, 0.2) is 18.2 Å². The van der Waals surface area contributed by atoms with Gasteiger partial charge in [0.05, 0.1) is 32.8 Å². The summed E-state index contributed by atoms with van der Waals surface area (Å²) in [6.45, 7) is -0.195. The van der Waals surface area contributed by atoms with Gasteiger partial charge in [-0.05, 0) is 17.7 Å². The Hall–Kier alpha value is -2.73. The van der Waals surface area contributed by atoms with Gasteiger partial charge in [-0.3, -0.25) is 4.79 Å². The first-order valence-electron chi connectivity index (χ1n) is 5.88. The zero-order valence-corrected chi connectivity index (χ0v) is 11.4. The summed E-state index contributed by atoms with van der Waals surface area (Å²) in [5, 5.41) is 17.3. The van der Waals surface area contributed by atoms with Crippen molar-refractivity contribution in [2.45, 2.75) is 6.42 Å². The Morgan fingerprint density at radius 1 is 1.15 bits per heavy atom. The third-order valence-corrected chi connectivity index (χ3v) is 2.68. The minimum atomic E-state index is -0.277. The average Bonchev–Trinajstić information content (AvgIpc) is 2.46. The second-order valence-corrected chi connectivity index (χ2v) is 3.93. The van der Waals surface area contributed by atoms with Crippen molar-refractivity contribution in [1.29, 1.82) is 10.5 Å². The normalized spacial score (nSPS) is 9.20. The molecule has 0 saturated heterocycles. The Morgan fingerprint density at radius 2 is 1.75 bits per heavy atom. The first-order chi connectivity index (χ1) is 9.65. The Bertz CT molecular complexity index is 542. The second-order valence-electron chi connectivity index (χ2n) is 3.93. The van der Waals surface area contributed by atoms with Crippen LogP contribution in [0, 0.1) is 22.7 Å². The number of rotatable bonds is 6.